The molecular weight excluding hydrogens is 316 g/mol. The Bertz CT molecular complexity index is 887. The summed E-state index contributed by atoms with van der Waals surface area (Å²) in [5.74, 6) is 0.304. The molecule has 2 aliphatic rings. The number of carbonyl (C=O) groups is 1. The number of ether oxygens (including phenoxy) is 1. The Morgan fingerprint density at radius 3 is 2.68 bits per heavy atom. The molecule has 1 aliphatic carbocycles. The van der Waals surface area contributed by atoms with E-state index in [9.17, 15) is 4.79 Å². The largest absolute Gasteiger partial charge is 0.472 e. The number of amides is 1. The van der Waals surface area contributed by atoms with Crippen LogP contribution in [0.2, 0.25) is 0 Å². The highest BCUT2D eigenvalue weighted by molar-refractivity contribution is 6.02. The molecule has 0 radical (unpaired) electrons. The van der Waals surface area contributed by atoms with E-state index in [1.807, 2.05) is 51.1 Å². The van der Waals surface area contributed by atoms with Crippen molar-refractivity contribution in [3.63, 3.8) is 0 Å². The number of benzene rings is 1. The fraction of sp³-hybridized carbons (Fsp3) is 0.316. The van der Waals surface area contributed by atoms with Crippen LogP contribution in [0.15, 0.2) is 30.6 Å². The van der Waals surface area contributed by atoms with Gasteiger partial charge < -0.3 is 15.4 Å². The molecule has 2 aromatic rings. The zero-order valence-electron chi connectivity index (χ0n) is 14.5. The molecule has 1 aromatic heterocycles. The van der Waals surface area contributed by atoms with Crippen LogP contribution >= 0.6 is 0 Å². The van der Waals surface area contributed by atoms with Gasteiger partial charge in [-0.2, -0.15) is 0 Å². The van der Waals surface area contributed by atoms with Gasteiger partial charge in [0, 0.05) is 5.69 Å². The fourth-order valence-corrected chi connectivity index (χ4v) is 3.19. The maximum Gasteiger partial charge on any atom is 0.227 e. The second-order valence-electron chi connectivity index (χ2n) is 7.04. The molecule has 2 N–H and O–H groups in total. The van der Waals surface area contributed by atoms with Crippen molar-refractivity contribution in [2.75, 3.05) is 11.4 Å². The van der Waals surface area contributed by atoms with Crippen LogP contribution < -0.4 is 15.4 Å². The topological polar surface area (TPSA) is 81.3 Å². The van der Waals surface area contributed by atoms with E-state index in [1.54, 1.807) is 0 Å². The van der Waals surface area contributed by atoms with Gasteiger partial charge in [0.2, 0.25) is 11.8 Å². The van der Waals surface area contributed by atoms with Crippen LogP contribution in [0.25, 0.3) is 11.8 Å². The number of nitrogens with zero attached hydrogens (tertiary/aromatic N) is 3. The second-order valence-corrected chi connectivity index (χ2v) is 7.04. The van der Waals surface area contributed by atoms with E-state index in [-0.39, 0.29) is 12.0 Å². The lowest BCUT2D eigenvalue weighted by molar-refractivity contribution is -0.122. The fourth-order valence-electron chi connectivity index (χ4n) is 3.19. The zero-order valence-corrected chi connectivity index (χ0v) is 14.5. The molecule has 6 nitrogen and oxygen atoms in total. The van der Waals surface area contributed by atoms with Crippen LogP contribution in [0.4, 0.5) is 5.69 Å². The van der Waals surface area contributed by atoms with Gasteiger partial charge in [-0.25, -0.2) is 9.97 Å². The number of hydrogen-bond donors (Lipinski definition) is 1. The lowest BCUT2D eigenvalue weighted by Crippen LogP contribution is -2.35. The first-order valence-corrected chi connectivity index (χ1v) is 8.29. The van der Waals surface area contributed by atoms with Crippen LogP contribution in [-0.2, 0) is 10.2 Å². The summed E-state index contributed by atoms with van der Waals surface area (Å²) >= 11 is 0. The van der Waals surface area contributed by atoms with Crippen molar-refractivity contribution in [3.05, 3.63) is 47.4 Å². The lowest BCUT2D eigenvalue weighted by Gasteiger charge is -2.31. The van der Waals surface area contributed by atoms with E-state index in [4.69, 9.17) is 10.5 Å². The molecule has 2 heterocycles. The predicted molar refractivity (Wildman–Crippen MR) is 96.0 cm³/mol. The minimum atomic E-state index is -0.697. The van der Waals surface area contributed by atoms with E-state index in [2.05, 4.69) is 14.9 Å². The Morgan fingerprint density at radius 1 is 1.28 bits per heavy atom. The standard InChI is InChI=1S/C19H20N4O2/c1-11-9-23(15-8-14-16(15)17(25-11)22-10-21-14)13-6-4-12(5-7-13)19(2,3)18(20)24/h4-8,10-11H,9H2,1-3H3,(H2,20,24). The van der Waals surface area contributed by atoms with Crippen LogP contribution in [-0.4, -0.2) is 28.5 Å². The van der Waals surface area contributed by atoms with Crippen LogP contribution in [0, 0.1) is 0 Å². The van der Waals surface area contributed by atoms with E-state index >= 15 is 0 Å². The van der Waals surface area contributed by atoms with Gasteiger partial charge in [0.05, 0.1) is 28.9 Å². The highest BCUT2D eigenvalue weighted by Crippen LogP contribution is 2.43. The van der Waals surface area contributed by atoms with Crippen molar-refractivity contribution in [2.24, 2.45) is 5.73 Å². The summed E-state index contributed by atoms with van der Waals surface area (Å²) in [7, 11) is 0. The summed E-state index contributed by atoms with van der Waals surface area (Å²) in [5, 5.41) is 0. The molecular formula is C19H20N4O2. The SMILES string of the molecule is CC1CN(c2ccc(C(C)(C)C(N)=O)cc2)C2=Cc3ncnc(c32)O1. The first kappa shape index (κ1) is 15.6. The van der Waals surface area contributed by atoms with Gasteiger partial charge in [0.25, 0.3) is 0 Å². The number of carbonyl (C=O) groups excluding carboxylic acids is 1. The Hall–Kier alpha value is -2.89. The number of anilines is 1. The molecule has 1 atom stereocenters. The van der Waals surface area contributed by atoms with Gasteiger partial charge in [0.15, 0.2) is 0 Å². The summed E-state index contributed by atoms with van der Waals surface area (Å²) in [4.78, 5) is 22.4. The number of rotatable bonds is 3. The van der Waals surface area contributed by atoms with Gasteiger partial charge in [-0.1, -0.05) is 12.1 Å². The maximum atomic E-state index is 11.7. The third-order valence-corrected chi connectivity index (χ3v) is 4.93. The van der Waals surface area contributed by atoms with Crippen molar-refractivity contribution < 1.29 is 9.53 Å². The van der Waals surface area contributed by atoms with Crippen molar-refractivity contribution in [3.8, 4) is 5.88 Å². The van der Waals surface area contributed by atoms with Gasteiger partial charge >= 0.3 is 0 Å². The maximum absolute atomic E-state index is 11.7. The second kappa shape index (κ2) is 5.31. The monoisotopic (exact) mass is 336 g/mol. The van der Waals surface area contributed by atoms with Gasteiger partial charge in [-0.15, -0.1) is 0 Å². The Balaban J connectivity index is 1.70. The van der Waals surface area contributed by atoms with Gasteiger partial charge in [-0.05, 0) is 44.5 Å². The summed E-state index contributed by atoms with van der Waals surface area (Å²) in [5.41, 5.74) is 9.69. The minimum Gasteiger partial charge on any atom is -0.472 e. The Labute approximate surface area is 146 Å². The molecule has 0 fully saturated rings. The molecule has 128 valence electrons. The molecule has 1 amide bonds. The summed E-state index contributed by atoms with van der Waals surface area (Å²) in [6.07, 6.45) is 3.57. The molecule has 1 unspecified atom stereocenters. The van der Waals surface area contributed by atoms with E-state index in [0.717, 1.165) is 28.2 Å². The molecule has 0 saturated carbocycles. The third kappa shape index (κ3) is 2.36. The Morgan fingerprint density at radius 2 is 2.00 bits per heavy atom. The molecule has 6 heteroatoms. The smallest absolute Gasteiger partial charge is 0.227 e. The summed E-state index contributed by atoms with van der Waals surface area (Å²) in [6, 6.07) is 7.94. The molecule has 1 aliphatic heterocycles. The van der Waals surface area contributed by atoms with E-state index < -0.39 is 5.41 Å². The average molecular weight is 336 g/mol. The summed E-state index contributed by atoms with van der Waals surface area (Å²) < 4.78 is 5.93. The highest BCUT2D eigenvalue weighted by atomic mass is 16.5. The Kier molecular flexibility index (Phi) is 3.32. The number of aromatic nitrogens is 2. The number of hydrogen-bond acceptors (Lipinski definition) is 5. The van der Waals surface area contributed by atoms with Gasteiger partial charge in [-0.3, -0.25) is 4.79 Å². The number of nitrogens with two attached hydrogens (primary N) is 1. The predicted octanol–water partition coefficient (Wildman–Crippen LogP) is 2.34. The van der Waals surface area contributed by atoms with Gasteiger partial charge in [0.1, 0.15) is 12.4 Å². The van der Waals surface area contributed by atoms with Crippen molar-refractivity contribution >= 4 is 23.4 Å². The molecule has 0 saturated heterocycles. The minimum absolute atomic E-state index is 0.00719. The zero-order chi connectivity index (χ0) is 17.8. The average Bonchev–Trinajstić information content (AvgIpc) is 2.68. The van der Waals surface area contributed by atoms with Crippen LogP contribution in [0.3, 0.4) is 0 Å². The van der Waals surface area contributed by atoms with Crippen molar-refractivity contribution in [1.29, 1.82) is 0 Å². The number of primary amides is 1. The third-order valence-electron chi connectivity index (χ3n) is 4.93. The van der Waals surface area contributed by atoms with Crippen LogP contribution in [0.5, 0.6) is 5.88 Å². The van der Waals surface area contributed by atoms with Crippen molar-refractivity contribution in [1.82, 2.24) is 9.97 Å². The summed E-state index contributed by atoms with van der Waals surface area (Å²) in [6.45, 7) is 6.40. The first-order chi connectivity index (χ1) is 11.9. The first-order valence-electron chi connectivity index (χ1n) is 8.29. The van der Waals surface area contributed by atoms with E-state index in [0.29, 0.717) is 12.4 Å². The molecule has 0 bridgehead atoms. The normalized spacial score (nSPS) is 18.4. The lowest BCUT2D eigenvalue weighted by atomic mass is 9.84. The van der Waals surface area contributed by atoms with Crippen LogP contribution in [0.1, 0.15) is 37.6 Å². The van der Waals surface area contributed by atoms with Crippen molar-refractivity contribution in [2.45, 2.75) is 32.3 Å². The molecule has 4 rings (SSSR count). The molecule has 0 spiro atoms. The molecule has 25 heavy (non-hydrogen) atoms. The van der Waals surface area contributed by atoms with E-state index in [1.165, 1.54) is 6.33 Å². The highest BCUT2D eigenvalue weighted by Gasteiger charge is 2.34. The molecule has 1 aromatic carbocycles. The quantitative estimate of drug-likeness (QED) is 0.930.